The molecule has 0 aliphatic carbocycles. The number of hydrogen-bond acceptors (Lipinski definition) is 6. The van der Waals surface area contributed by atoms with Gasteiger partial charge in [-0.25, -0.2) is 23.3 Å². The largest absolute Gasteiger partial charge is 0.444 e. The zero-order chi connectivity index (χ0) is 20.5. The fourth-order valence-corrected chi connectivity index (χ4v) is 3.79. The Kier molecular flexibility index (Phi) is 6.06. The molecule has 0 bridgehead atoms. The predicted molar refractivity (Wildman–Crippen MR) is 104 cm³/mol. The highest BCUT2D eigenvalue weighted by Crippen LogP contribution is 2.35. The number of rotatable bonds is 5. The molecule has 0 unspecified atom stereocenters. The maximum absolute atomic E-state index is 12.5. The molecule has 152 valence electrons. The fraction of sp³-hybridized carbons (Fsp3) is 0.667. The van der Waals surface area contributed by atoms with E-state index >= 15 is 0 Å². The summed E-state index contributed by atoms with van der Waals surface area (Å²) in [5, 5.41) is 8.07. The van der Waals surface area contributed by atoms with Crippen molar-refractivity contribution in [3.05, 3.63) is 18.2 Å². The Morgan fingerprint density at radius 2 is 2.07 bits per heavy atom. The zero-order valence-corrected chi connectivity index (χ0v) is 17.5. The molecule has 8 nitrogen and oxygen atoms in total. The van der Waals surface area contributed by atoms with E-state index in [4.69, 9.17) is 9.88 Å². The molecule has 0 spiro atoms. The van der Waals surface area contributed by atoms with Crippen molar-refractivity contribution in [3.8, 4) is 0 Å². The number of anilines is 1. The zero-order valence-electron chi connectivity index (χ0n) is 16.7. The molecule has 2 heterocycles. The molecule has 1 fully saturated rings. The van der Waals surface area contributed by atoms with E-state index in [-0.39, 0.29) is 16.7 Å². The lowest BCUT2D eigenvalue weighted by molar-refractivity contribution is 0.0131. The lowest BCUT2D eigenvalue weighted by Gasteiger charge is -2.33. The molecule has 1 aliphatic rings. The average Bonchev–Trinajstić information content (AvgIpc) is 2.80. The maximum atomic E-state index is 12.5. The number of pyridine rings is 1. The second-order valence-electron chi connectivity index (χ2n) is 8.60. The first-order valence-corrected chi connectivity index (χ1v) is 10.6. The van der Waals surface area contributed by atoms with Crippen LogP contribution in [-0.4, -0.2) is 48.6 Å². The Morgan fingerprint density at radius 3 is 2.67 bits per heavy atom. The third kappa shape index (κ3) is 6.07. The van der Waals surface area contributed by atoms with Gasteiger partial charge in [0.2, 0.25) is 0 Å². The molecule has 27 heavy (non-hydrogen) atoms. The van der Waals surface area contributed by atoms with Gasteiger partial charge in [0.25, 0.3) is 10.0 Å². The Labute approximate surface area is 161 Å². The Morgan fingerprint density at radius 1 is 1.41 bits per heavy atom. The molecule has 1 amide bonds. The topological polar surface area (TPSA) is 115 Å². The highest BCUT2D eigenvalue weighted by Gasteiger charge is 2.42. The molecule has 3 N–H and O–H groups in total. The highest BCUT2D eigenvalue weighted by molar-refractivity contribution is 7.89. The molecular formula is C18H30N4O4S. The van der Waals surface area contributed by atoms with E-state index in [0.717, 1.165) is 12.8 Å². The molecule has 1 atom stereocenters. The Bertz CT molecular complexity index is 787. The molecule has 9 heteroatoms. The van der Waals surface area contributed by atoms with Crippen molar-refractivity contribution in [1.29, 1.82) is 0 Å². The first-order chi connectivity index (χ1) is 12.3. The maximum Gasteiger partial charge on any atom is 0.410 e. The van der Waals surface area contributed by atoms with Crippen LogP contribution >= 0.6 is 0 Å². The Hall–Kier alpha value is -1.87. The van der Waals surface area contributed by atoms with Gasteiger partial charge in [-0.2, -0.15) is 0 Å². The number of carbonyl (C=O) groups excluding carboxylic acids is 1. The first-order valence-electron chi connectivity index (χ1n) is 9.02. The van der Waals surface area contributed by atoms with Gasteiger partial charge in [-0.3, -0.25) is 0 Å². The van der Waals surface area contributed by atoms with Crippen LogP contribution in [0.4, 0.5) is 10.6 Å². The molecule has 2 rings (SSSR count). The minimum absolute atomic E-state index is 0.161. The van der Waals surface area contributed by atoms with Crippen LogP contribution in [0, 0.1) is 5.92 Å². The van der Waals surface area contributed by atoms with Crippen LogP contribution in [0.1, 0.15) is 47.5 Å². The van der Waals surface area contributed by atoms with Gasteiger partial charge < -0.3 is 15.0 Å². The molecule has 1 aliphatic heterocycles. The fourth-order valence-electron chi connectivity index (χ4n) is 3.29. The van der Waals surface area contributed by atoms with E-state index in [2.05, 4.69) is 10.3 Å². The summed E-state index contributed by atoms with van der Waals surface area (Å²) >= 11 is 0. The summed E-state index contributed by atoms with van der Waals surface area (Å²) in [7, 11) is -3.82. The summed E-state index contributed by atoms with van der Waals surface area (Å²) in [6.07, 6.45) is 1.41. The van der Waals surface area contributed by atoms with Gasteiger partial charge >= 0.3 is 6.09 Å². The molecule has 1 aromatic rings. The molecule has 1 aromatic heterocycles. The number of likely N-dealkylation sites (tertiary alicyclic amines) is 1. The normalized spacial score (nSPS) is 19.8. The van der Waals surface area contributed by atoms with Crippen molar-refractivity contribution in [2.45, 2.75) is 63.6 Å². The van der Waals surface area contributed by atoms with Gasteiger partial charge in [-0.15, -0.1) is 0 Å². The van der Waals surface area contributed by atoms with E-state index in [1.165, 1.54) is 6.07 Å². The number of primary sulfonamides is 1. The Balaban J connectivity index is 1.91. The smallest absolute Gasteiger partial charge is 0.410 e. The quantitative estimate of drug-likeness (QED) is 0.788. The van der Waals surface area contributed by atoms with Crippen molar-refractivity contribution in [2.75, 3.05) is 18.4 Å². The van der Waals surface area contributed by atoms with Crippen LogP contribution in [0.5, 0.6) is 0 Å². The van der Waals surface area contributed by atoms with E-state index in [1.807, 2.05) is 34.6 Å². The monoisotopic (exact) mass is 398 g/mol. The van der Waals surface area contributed by atoms with Crippen LogP contribution < -0.4 is 10.5 Å². The summed E-state index contributed by atoms with van der Waals surface area (Å²) in [4.78, 5) is 18.3. The molecule has 0 radical (unpaired) electrons. The van der Waals surface area contributed by atoms with Gasteiger partial charge in [0.05, 0.1) is 0 Å². The number of nitrogens with two attached hydrogens (primary N) is 1. The minimum atomic E-state index is -3.82. The minimum Gasteiger partial charge on any atom is -0.444 e. The third-order valence-electron chi connectivity index (χ3n) is 4.45. The molecular weight excluding hydrogens is 368 g/mol. The number of hydrogen-bond donors (Lipinski definition) is 2. The SMILES string of the molecule is CC(C)(C)OC(=O)N1C[C@H](CCNc2cccc(S(N)(=O)=O)n2)CC1(C)C. The number of nitrogens with one attached hydrogen (secondary N) is 1. The van der Waals surface area contributed by atoms with E-state index < -0.39 is 15.6 Å². The number of aromatic nitrogens is 1. The van der Waals surface area contributed by atoms with Gasteiger partial charge in [-0.05, 0) is 65.5 Å². The molecule has 1 saturated heterocycles. The standard InChI is InChI=1S/C18H30N4O4S/c1-17(2,3)26-16(23)22-12-13(11-18(22,4)5)9-10-20-14-7-6-8-15(21-14)27(19,24)25/h6-8,13H,9-12H2,1-5H3,(H,20,21)(H2,19,24,25)/t13-/m1/s1. The number of amides is 1. The van der Waals surface area contributed by atoms with Crippen molar-refractivity contribution in [1.82, 2.24) is 9.88 Å². The van der Waals surface area contributed by atoms with E-state index in [9.17, 15) is 13.2 Å². The summed E-state index contributed by atoms with van der Waals surface area (Å²) in [5.41, 5.74) is -0.786. The van der Waals surface area contributed by atoms with Gasteiger partial charge in [0, 0.05) is 18.6 Å². The summed E-state index contributed by atoms with van der Waals surface area (Å²) in [5.74, 6) is 0.782. The number of ether oxygens (including phenoxy) is 1. The van der Waals surface area contributed by atoms with Crippen molar-refractivity contribution in [3.63, 3.8) is 0 Å². The second kappa shape index (κ2) is 7.63. The van der Waals surface area contributed by atoms with Gasteiger partial charge in [0.1, 0.15) is 11.4 Å². The summed E-state index contributed by atoms with van der Waals surface area (Å²) < 4.78 is 28.3. The second-order valence-corrected chi connectivity index (χ2v) is 10.1. The van der Waals surface area contributed by atoms with Gasteiger partial charge in [-0.1, -0.05) is 6.07 Å². The lowest BCUT2D eigenvalue weighted by Crippen LogP contribution is -2.45. The predicted octanol–water partition coefficient (Wildman–Crippen LogP) is 2.57. The van der Waals surface area contributed by atoms with Crippen LogP contribution in [0.2, 0.25) is 0 Å². The van der Waals surface area contributed by atoms with Crippen molar-refractivity contribution < 1.29 is 17.9 Å². The van der Waals surface area contributed by atoms with Crippen molar-refractivity contribution in [2.24, 2.45) is 11.1 Å². The third-order valence-corrected chi connectivity index (χ3v) is 5.26. The van der Waals surface area contributed by atoms with E-state index in [0.29, 0.717) is 24.8 Å². The number of nitrogens with zero attached hydrogens (tertiary/aromatic N) is 2. The highest BCUT2D eigenvalue weighted by atomic mass is 32.2. The van der Waals surface area contributed by atoms with E-state index in [1.54, 1.807) is 17.0 Å². The van der Waals surface area contributed by atoms with Crippen LogP contribution in [0.25, 0.3) is 0 Å². The summed E-state index contributed by atoms with van der Waals surface area (Å²) in [6.45, 7) is 10.9. The molecule has 0 saturated carbocycles. The summed E-state index contributed by atoms with van der Waals surface area (Å²) in [6, 6.07) is 4.65. The van der Waals surface area contributed by atoms with Crippen LogP contribution in [-0.2, 0) is 14.8 Å². The number of sulfonamides is 1. The first kappa shape index (κ1) is 21.4. The van der Waals surface area contributed by atoms with Crippen molar-refractivity contribution >= 4 is 21.9 Å². The molecule has 0 aromatic carbocycles. The van der Waals surface area contributed by atoms with Crippen LogP contribution in [0.15, 0.2) is 23.2 Å². The van der Waals surface area contributed by atoms with Gasteiger partial charge in [0.15, 0.2) is 5.03 Å². The van der Waals surface area contributed by atoms with Crippen LogP contribution in [0.3, 0.4) is 0 Å². The average molecular weight is 399 g/mol. The number of carbonyl (C=O) groups is 1. The lowest BCUT2D eigenvalue weighted by atomic mass is 9.94.